The Morgan fingerprint density at radius 1 is 1.44 bits per heavy atom. The van der Waals surface area contributed by atoms with Gasteiger partial charge in [0.1, 0.15) is 5.65 Å². The van der Waals surface area contributed by atoms with Crippen molar-refractivity contribution in [1.29, 1.82) is 0 Å². The van der Waals surface area contributed by atoms with Gasteiger partial charge in [-0.05, 0) is 24.8 Å². The van der Waals surface area contributed by atoms with Gasteiger partial charge in [0.25, 0.3) is 11.5 Å². The van der Waals surface area contributed by atoms with Gasteiger partial charge in [0, 0.05) is 24.2 Å². The molecule has 9 heteroatoms. The van der Waals surface area contributed by atoms with Crippen molar-refractivity contribution in [2.45, 2.75) is 39.3 Å². The molecule has 1 aliphatic rings. The summed E-state index contributed by atoms with van der Waals surface area (Å²) in [5.74, 6) is -1.59. The van der Waals surface area contributed by atoms with E-state index in [0.717, 1.165) is 17.4 Å². The summed E-state index contributed by atoms with van der Waals surface area (Å²) in [4.78, 5) is 36.9. The standard InChI is InChI=1S/C18H22N4O5/c1-10(2)9-21-16-11(4-7-13(23)27-3)8-19-22(16)18(26)14(17(21)25)15(24)20-12-5-6-12/h4,7-8,10,12,26H,5-6,9H2,1-3H3,(H,20,24)/b7-4+. The van der Waals surface area contributed by atoms with Crippen molar-refractivity contribution in [2.24, 2.45) is 5.92 Å². The molecule has 1 aliphatic carbocycles. The second-order valence-corrected chi connectivity index (χ2v) is 6.95. The molecule has 2 aromatic heterocycles. The predicted octanol–water partition coefficient (Wildman–Crippen LogP) is 0.936. The number of carbonyl (C=O) groups excluding carboxylic acids is 2. The molecule has 1 amide bonds. The number of carbonyl (C=O) groups is 2. The number of aromatic nitrogens is 3. The number of nitrogens with one attached hydrogen (secondary N) is 1. The summed E-state index contributed by atoms with van der Waals surface area (Å²) in [5.41, 5.74) is -0.182. The Labute approximate surface area is 155 Å². The van der Waals surface area contributed by atoms with E-state index in [2.05, 4.69) is 15.2 Å². The lowest BCUT2D eigenvalue weighted by Gasteiger charge is -2.15. The molecule has 27 heavy (non-hydrogen) atoms. The van der Waals surface area contributed by atoms with E-state index in [1.165, 1.54) is 30.0 Å². The zero-order chi connectivity index (χ0) is 19.7. The Morgan fingerprint density at radius 3 is 2.74 bits per heavy atom. The Bertz CT molecular complexity index is 982. The largest absolute Gasteiger partial charge is 0.492 e. The highest BCUT2D eigenvalue weighted by Crippen LogP contribution is 2.23. The van der Waals surface area contributed by atoms with Crippen LogP contribution in [-0.2, 0) is 16.1 Å². The van der Waals surface area contributed by atoms with Crippen LogP contribution in [0.3, 0.4) is 0 Å². The van der Waals surface area contributed by atoms with Gasteiger partial charge in [-0.2, -0.15) is 9.61 Å². The van der Waals surface area contributed by atoms with Gasteiger partial charge < -0.3 is 15.2 Å². The smallest absolute Gasteiger partial charge is 0.330 e. The Hall–Kier alpha value is -3.10. The van der Waals surface area contributed by atoms with Crippen molar-refractivity contribution in [3.8, 4) is 5.88 Å². The van der Waals surface area contributed by atoms with E-state index >= 15 is 0 Å². The summed E-state index contributed by atoms with van der Waals surface area (Å²) in [6, 6.07) is 0.0433. The zero-order valence-electron chi connectivity index (χ0n) is 15.4. The van der Waals surface area contributed by atoms with E-state index < -0.39 is 23.3 Å². The average molecular weight is 374 g/mol. The van der Waals surface area contributed by atoms with Gasteiger partial charge in [-0.25, -0.2) is 4.79 Å². The molecule has 1 saturated carbocycles. The summed E-state index contributed by atoms with van der Waals surface area (Å²) in [7, 11) is 1.26. The highest BCUT2D eigenvalue weighted by molar-refractivity contribution is 5.97. The van der Waals surface area contributed by atoms with Crippen molar-refractivity contribution in [3.05, 3.63) is 33.8 Å². The Balaban J connectivity index is 2.20. The molecule has 2 heterocycles. The number of rotatable bonds is 6. The van der Waals surface area contributed by atoms with Crippen LogP contribution in [0.2, 0.25) is 0 Å². The van der Waals surface area contributed by atoms with Crippen LogP contribution in [0.5, 0.6) is 5.88 Å². The van der Waals surface area contributed by atoms with Crippen LogP contribution in [0.4, 0.5) is 0 Å². The maximum absolute atomic E-state index is 13.0. The maximum Gasteiger partial charge on any atom is 0.330 e. The van der Waals surface area contributed by atoms with Crippen LogP contribution < -0.4 is 10.9 Å². The highest BCUT2D eigenvalue weighted by atomic mass is 16.5. The summed E-state index contributed by atoms with van der Waals surface area (Å²) >= 11 is 0. The summed E-state index contributed by atoms with van der Waals surface area (Å²) in [6.07, 6.45) is 5.78. The minimum absolute atomic E-state index is 0.0433. The quantitative estimate of drug-likeness (QED) is 0.574. The van der Waals surface area contributed by atoms with E-state index in [0.29, 0.717) is 17.8 Å². The van der Waals surface area contributed by atoms with Crippen molar-refractivity contribution >= 4 is 23.6 Å². The van der Waals surface area contributed by atoms with Gasteiger partial charge >= 0.3 is 5.97 Å². The van der Waals surface area contributed by atoms with Crippen molar-refractivity contribution in [3.63, 3.8) is 0 Å². The monoisotopic (exact) mass is 374 g/mol. The second-order valence-electron chi connectivity index (χ2n) is 6.95. The van der Waals surface area contributed by atoms with Crippen LogP contribution in [0, 0.1) is 5.92 Å². The summed E-state index contributed by atoms with van der Waals surface area (Å²) in [6.45, 7) is 4.18. The molecule has 9 nitrogen and oxygen atoms in total. The lowest BCUT2D eigenvalue weighted by molar-refractivity contribution is -0.134. The van der Waals surface area contributed by atoms with Gasteiger partial charge in [-0.3, -0.25) is 14.2 Å². The van der Waals surface area contributed by atoms with Gasteiger partial charge in [-0.15, -0.1) is 0 Å². The molecule has 2 N–H and O–H groups in total. The topological polar surface area (TPSA) is 115 Å². The Kier molecular flexibility index (Phi) is 5.02. The maximum atomic E-state index is 13.0. The van der Waals surface area contributed by atoms with Crippen LogP contribution in [0.25, 0.3) is 11.7 Å². The fourth-order valence-corrected chi connectivity index (χ4v) is 2.77. The number of esters is 1. The molecular formula is C18H22N4O5. The molecule has 0 aliphatic heterocycles. The first-order valence-corrected chi connectivity index (χ1v) is 8.73. The number of methoxy groups -OCH3 is 1. The number of ether oxygens (including phenoxy) is 1. The van der Waals surface area contributed by atoms with Crippen molar-refractivity contribution < 1.29 is 19.4 Å². The van der Waals surface area contributed by atoms with E-state index in [4.69, 9.17) is 0 Å². The van der Waals surface area contributed by atoms with E-state index in [1.807, 2.05) is 13.8 Å². The number of amides is 1. The van der Waals surface area contributed by atoms with Crippen LogP contribution in [0.15, 0.2) is 17.1 Å². The van der Waals surface area contributed by atoms with Gasteiger partial charge in [-0.1, -0.05) is 13.8 Å². The Morgan fingerprint density at radius 2 is 2.15 bits per heavy atom. The normalized spacial score (nSPS) is 14.2. The van der Waals surface area contributed by atoms with Crippen molar-refractivity contribution in [1.82, 2.24) is 19.5 Å². The molecule has 0 atom stereocenters. The van der Waals surface area contributed by atoms with E-state index in [9.17, 15) is 19.5 Å². The van der Waals surface area contributed by atoms with Gasteiger partial charge in [0.05, 0.1) is 13.3 Å². The minimum atomic E-state index is -0.610. The minimum Gasteiger partial charge on any atom is -0.492 e. The molecule has 0 radical (unpaired) electrons. The third-order valence-electron chi connectivity index (χ3n) is 4.20. The predicted molar refractivity (Wildman–Crippen MR) is 97.5 cm³/mol. The molecule has 0 saturated heterocycles. The molecule has 144 valence electrons. The third kappa shape index (κ3) is 3.71. The van der Waals surface area contributed by atoms with Crippen LogP contribution in [-0.4, -0.2) is 44.3 Å². The first kappa shape index (κ1) is 18.7. The molecule has 3 rings (SSSR count). The molecule has 0 aromatic carbocycles. The van der Waals surface area contributed by atoms with E-state index in [1.54, 1.807) is 0 Å². The van der Waals surface area contributed by atoms with Crippen LogP contribution in [0.1, 0.15) is 42.6 Å². The molecule has 0 spiro atoms. The van der Waals surface area contributed by atoms with Crippen molar-refractivity contribution in [2.75, 3.05) is 7.11 Å². The molecule has 1 fully saturated rings. The lowest BCUT2D eigenvalue weighted by Crippen LogP contribution is -2.36. The van der Waals surface area contributed by atoms with Gasteiger partial charge in [0.15, 0.2) is 5.56 Å². The lowest BCUT2D eigenvalue weighted by atomic mass is 10.2. The molecule has 0 unspecified atom stereocenters. The first-order valence-electron chi connectivity index (χ1n) is 8.73. The fraction of sp³-hybridized carbons (Fsp3) is 0.444. The number of fused-ring (bicyclic) bond motifs is 1. The highest BCUT2D eigenvalue weighted by Gasteiger charge is 2.29. The number of aromatic hydroxyl groups is 1. The third-order valence-corrected chi connectivity index (χ3v) is 4.20. The SMILES string of the molecule is COC(=O)/C=C/c1cnn2c(O)c(C(=O)NC3CC3)c(=O)n(CC(C)C)c12. The molecule has 2 aromatic rings. The summed E-state index contributed by atoms with van der Waals surface area (Å²) in [5, 5.41) is 17.4. The zero-order valence-corrected chi connectivity index (χ0v) is 15.4. The fourth-order valence-electron chi connectivity index (χ4n) is 2.77. The summed E-state index contributed by atoms with van der Waals surface area (Å²) < 4.78 is 7.11. The number of hydrogen-bond acceptors (Lipinski definition) is 6. The number of nitrogens with zero attached hydrogens (tertiary/aromatic N) is 3. The molecular weight excluding hydrogens is 352 g/mol. The van der Waals surface area contributed by atoms with Crippen LogP contribution >= 0.6 is 0 Å². The molecule has 0 bridgehead atoms. The van der Waals surface area contributed by atoms with Gasteiger partial charge in [0.2, 0.25) is 5.88 Å². The first-order chi connectivity index (χ1) is 12.8. The average Bonchev–Trinajstić information content (AvgIpc) is 3.32. The number of hydrogen-bond donors (Lipinski definition) is 2. The second kappa shape index (κ2) is 7.26. The van der Waals surface area contributed by atoms with E-state index in [-0.39, 0.29) is 17.5 Å².